The first-order valence-corrected chi connectivity index (χ1v) is 20.6. The van der Waals surface area contributed by atoms with E-state index >= 15 is 0 Å². The molecule has 0 atom stereocenters. The van der Waals surface area contributed by atoms with Crippen LogP contribution in [0.2, 0.25) is 0 Å². The van der Waals surface area contributed by atoms with Crippen LogP contribution in [0.5, 0.6) is 11.5 Å². The number of esters is 2. The van der Waals surface area contributed by atoms with Gasteiger partial charge in [-0.15, -0.1) is 0 Å². The number of hydrogen-bond acceptors (Lipinski definition) is 10. The van der Waals surface area contributed by atoms with Crippen LogP contribution in [-0.2, 0) is 45.4 Å². The van der Waals surface area contributed by atoms with E-state index in [-0.39, 0.29) is 36.8 Å². The van der Waals surface area contributed by atoms with Gasteiger partial charge in [0, 0.05) is 57.9 Å². The lowest BCUT2D eigenvalue weighted by Gasteiger charge is -2.12. The maximum Gasteiger partial charge on any atom is 0.357 e. The van der Waals surface area contributed by atoms with Crippen molar-refractivity contribution in [2.75, 3.05) is 14.2 Å². The highest BCUT2D eigenvalue weighted by Gasteiger charge is 2.23. The Balaban J connectivity index is 0.000000186. The average Bonchev–Trinajstić information content (AvgIpc) is 3.81. The Kier molecular flexibility index (Phi) is 13.5. The van der Waals surface area contributed by atoms with E-state index in [1.54, 1.807) is 26.6 Å². The van der Waals surface area contributed by atoms with Gasteiger partial charge in [-0.05, 0) is 89.1 Å². The average molecular weight is 837 g/mol. The Morgan fingerprint density at radius 2 is 1.03 bits per heavy atom. The molecule has 0 unspecified atom stereocenters. The van der Waals surface area contributed by atoms with E-state index in [0.717, 1.165) is 66.2 Å². The highest BCUT2D eigenvalue weighted by Crippen LogP contribution is 2.35. The molecule has 8 aromatic rings. The SMILES string of the molecule is COCc1c(C(=O)OC(C)C)ncc2[nH]c3ccc(OCc4ccc(C)cc4)cc3c12.COCc1c(C(=O)OC(C)C)ncc2[nH]c3ccc(OCc4cccc(C)c4)cc3c12. The summed E-state index contributed by atoms with van der Waals surface area (Å²) < 4.78 is 33.7. The quantitative estimate of drug-likeness (QED) is 0.101. The molecule has 0 saturated carbocycles. The lowest BCUT2D eigenvalue weighted by atomic mass is 10.1. The lowest BCUT2D eigenvalue weighted by Crippen LogP contribution is -2.15. The van der Waals surface area contributed by atoms with Gasteiger partial charge in [0.1, 0.15) is 24.7 Å². The van der Waals surface area contributed by atoms with Gasteiger partial charge in [-0.3, -0.25) is 0 Å². The van der Waals surface area contributed by atoms with Crippen molar-refractivity contribution in [1.82, 2.24) is 19.9 Å². The molecule has 0 radical (unpaired) electrons. The van der Waals surface area contributed by atoms with E-state index in [2.05, 4.69) is 70.2 Å². The van der Waals surface area contributed by atoms with Gasteiger partial charge in [-0.2, -0.15) is 0 Å². The highest BCUT2D eigenvalue weighted by atomic mass is 16.5. The normalized spacial score (nSPS) is 11.4. The molecule has 4 aromatic carbocycles. The number of H-pyrrole nitrogens is 2. The van der Waals surface area contributed by atoms with Gasteiger partial charge < -0.3 is 38.4 Å². The number of nitrogens with one attached hydrogen (secondary N) is 2. The number of ether oxygens (including phenoxy) is 6. The number of hydrogen-bond donors (Lipinski definition) is 2. The molecular weight excluding hydrogens is 785 g/mol. The van der Waals surface area contributed by atoms with Crippen molar-refractivity contribution in [2.45, 2.75) is 80.2 Å². The van der Waals surface area contributed by atoms with Crippen LogP contribution in [0.1, 0.15) is 82.1 Å². The minimum absolute atomic E-state index is 0.231. The number of fused-ring (bicyclic) bond motifs is 6. The molecule has 320 valence electrons. The number of aromatic nitrogens is 4. The van der Waals surface area contributed by atoms with Crippen LogP contribution in [0.25, 0.3) is 43.6 Å². The van der Waals surface area contributed by atoms with Crippen LogP contribution in [0, 0.1) is 13.8 Å². The number of aryl methyl sites for hydroxylation is 2. The summed E-state index contributed by atoms with van der Waals surface area (Å²) in [7, 11) is 3.20. The minimum atomic E-state index is -0.454. The van der Waals surface area contributed by atoms with E-state index in [0.29, 0.717) is 24.3 Å². The Morgan fingerprint density at radius 3 is 1.48 bits per heavy atom. The molecule has 0 spiro atoms. The van der Waals surface area contributed by atoms with Crippen LogP contribution in [0.3, 0.4) is 0 Å². The smallest absolute Gasteiger partial charge is 0.357 e. The third-order valence-electron chi connectivity index (χ3n) is 10.1. The first-order chi connectivity index (χ1) is 29.9. The molecule has 0 fully saturated rings. The van der Waals surface area contributed by atoms with Crippen molar-refractivity contribution in [3.63, 3.8) is 0 Å². The van der Waals surface area contributed by atoms with Gasteiger partial charge in [-0.25, -0.2) is 19.6 Å². The molecule has 2 N–H and O–H groups in total. The van der Waals surface area contributed by atoms with Gasteiger partial charge >= 0.3 is 11.9 Å². The first kappa shape index (κ1) is 43.3. The summed E-state index contributed by atoms with van der Waals surface area (Å²) >= 11 is 0. The number of carbonyl (C=O) groups is 2. The molecule has 62 heavy (non-hydrogen) atoms. The van der Waals surface area contributed by atoms with E-state index < -0.39 is 11.9 Å². The van der Waals surface area contributed by atoms with Crippen molar-refractivity contribution in [1.29, 1.82) is 0 Å². The molecule has 0 amide bonds. The van der Waals surface area contributed by atoms with E-state index in [1.807, 2.05) is 76.2 Å². The minimum Gasteiger partial charge on any atom is -0.489 e. The Labute approximate surface area is 360 Å². The zero-order valence-corrected chi connectivity index (χ0v) is 36.4. The van der Waals surface area contributed by atoms with Crippen molar-refractivity contribution >= 4 is 55.6 Å². The largest absolute Gasteiger partial charge is 0.489 e. The summed E-state index contributed by atoms with van der Waals surface area (Å²) in [5.74, 6) is 0.595. The van der Waals surface area contributed by atoms with Crippen LogP contribution >= 0.6 is 0 Å². The predicted octanol–water partition coefficient (Wildman–Crippen LogP) is 10.6. The molecular formula is C50H52N4O8. The number of benzene rings is 4. The Bertz CT molecular complexity index is 2860. The Morgan fingerprint density at radius 1 is 0.548 bits per heavy atom. The molecule has 0 aliphatic heterocycles. The van der Waals surface area contributed by atoms with Gasteiger partial charge in [0.25, 0.3) is 0 Å². The third kappa shape index (κ3) is 9.88. The fraction of sp³-hybridized carbons (Fsp3) is 0.280. The standard InChI is InChI=1S/2C25H26N2O4/c1-15(2)31-25(28)24-20(14-29-4)23-19-11-18(9-10-21(19)27-22(23)12-26-24)30-13-17-7-5-16(3)6-8-17;1-15(2)31-25(28)24-20(14-29-4)23-19-11-18(8-9-21(19)27-22(23)12-26-24)30-13-17-7-5-6-16(3)10-17/h2*5-12,15,27H,13-14H2,1-4H3. The molecule has 4 heterocycles. The van der Waals surface area contributed by atoms with Crippen LogP contribution in [-0.4, -0.2) is 58.3 Å². The molecule has 0 aliphatic carbocycles. The molecule has 12 heteroatoms. The highest BCUT2D eigenvalue weighted by molar-refractivity contribution is 6.12. The molecule has 0 aliphatic rings. The zero-order chi connectivity index (χ0) is 43.9. The molecule has 4 aromatic heterocycles. The van der Waals surface area contributed by atoms with E-state index in [9.17, 15) is 9.59 Å². The van der Waals surface area contributed by atoms with Crippen molar-refractivity contribution in [2.24, 2.45) is 0 Å². The second-order valence-corrected chi connectivity index (χ2v) is 15.7. The maximum absolute atomic E-state index is 12.6. The Hall–Kier alpha value is -6.76. The number of methoxy groups -OCH3 is 2. The summed E-state index contributed by atoms with van der Waals surface area (Å²) in [6.45, 7) is 12.8. The van der Waals surface area contributed by atoms with Crippen LogP contribution in [0.15, 0.2) is 97.3 Å². The van der Waals surface area contributed by atoms with E-state index in [1.165, 1.54) is 11.1 Å². The van der Waals surface area contributed by atoms with Gasteiger partial charge in [0.2, 0.25) is 0 Å². The summed E-state index contributed by atoms with van der Waals surface area (Å²) in [5.41, 5.74) is 10.1. The van der Waals surface area contributed by atoms with Gasteiger partial charge in [-0.1, -0.05) is 59.7 Å². The molecule has 0 bridgehead atoms. The lowest BCUT2D eigenvalue weighted by molar-refractivity contribution is 0.0356. The number of nitrogens with zero attached hydrogens (tertiary/aromatic N) is 2. The van der Waals surface area contributed by atoms with Gasteiger partial charge in [0.15, 0.2) is 11.4 Å². The summed E-state index contributed by atoms with van der Waals surface area (Å²) in [4.78, 5) is 40.7. The summed E-state index contributed by atoms with van der Waals surface area (Å²) in [6.07, 6.45) is 2.87. The second-order valence-electron chi connectivity index (χ2n) is 15.7. The van der Waals surface area contributed by atoms with Crippen molar-refractivity contribution in [3.05, 3.63) is 142 Å². The van der Waals surface area contributed by atoms with Gasteiger partial charge in [0.05, 0.1) is 48.8 Å². The third-order valence-corrected chi connectivity index (χ3v) is 10.1. The topological polar surface area (TPSA) is 147 Å². The van der Waals surface area contributed by atoms with E-state index in [4.69, 9.17) is 28.4 Å². The van der Waals surface area contributed by atoms with Crippen LogP contribution in [0.4, 0.5) is 0 Å². The number of rotatable bonds is 14. The predicted molar refractivity (Wildman–Crippen MR) is 241 cm³/mol. The molecule has 12 nitrogen and oxygen atoms in total. The van der Waals surface area contributed by atoms with Crippen molar-refractivity contribution in [3.8, 4) is 11.5 Å². The number of pyridine rings is 2. The fourth-order valence-corrected chi connectivity index (χ4v) is 7.34. The fourth-order valence-electron chi connectivity index (χ4n) is 7.34. The van der Waals surface area contributed by atoms with Crippen LogP contribution < -0.4 is 9.47 Å². The number of carbonyl (C=O) groups excluding carboxylic acids is 2. The second kappa shape index (κ2) is 19.3. The maximum atomic E-state index is 12.6. The summed E-state index contributed by atoms with van der Waals surface area (Å²) in [5, 5.41) is 3.68. The summed E-state index contributed by atoms with van der Waals surface area (Å²) in [6, 6.07) is 28.3. The first-order valence-electron chi connectivity index (χ1n) is 20.6. The zero-order valence-electron chi connectivity index (χ0n) is 36.4. The molecule has 8 rings (SSSR count). The number of aromatic amines is 2. The van der Waals surface area contributed by atoms with Crippen molar-refractivity contribution < 1.29 is 38.0 Å². The molecule has 0 saturated heterocycles. The monoisotopic (exact) mass is 836 g/mol.